The number of amides is 2. The average Bonchev–Trinajstić information content (AvgIpc) is 3.10. The molecular weight excluding hydrogens is 312 g/mol. The number of urea groups is 1. The first-order chi connectivity index (χ1) is 12.2. The van der Waals surface area contributed by atoms with Gasteiger partial charge in [-0.15, -0.1) is 0 Å². The first-order valence-corrected chi connectivity index (χ1v) is 8.40. The van der Waals surface area contributed by atoms with E-state index in [9.17, 15) is 4.79 Å². The van der Waals surface area contributed by atoms with Gasteiger partial charge in [0.1, 0.15) is 5.82 Å². The Morgan fingerprint density at radius 3 is 2.60 bits per heavy atom. The molecule has 0 saturated heterocycles. The summed E-state index contributed by atoms with van der Waals surface area (Å²) in [5.41, 5.74) is 3.06. The summed E-state index contributed by atoms with van der Waals surface area (Å²) in [7, 11) is 0. The van der Waals surface area contributed by atoms with Crippen molar-refractivity contribution in [3.05, 3.63) is 72.6 Å². The van der Waals surface area contributed by atoms with Gasteiger partial charge in [-0.3, -0.25) is 0 Å². The number of rotatable bonds is 6. The number of benzene rings is 2. The van der Waals surface area contributed by atoms with E-state index in [0.717, 1.165) is 30.0 Å². The van der Waals surface area contributed by atoms with E-state index in [-0.39, 0.29) is 6.03 Å². The normalized spacial score (nSPS) is 10.4. The molecular formula is C20H22N4O. The molecule has 1 heterocycles. The largest absolute Gasteiger partial charge is 0.338 e. The van der Waals surface area contributed by atoms with Crippen LogP contribution in [-0.2, 0) is 6.54 Å². The Labute approximate surface area is 147 Å². The molecule has 2 N–H and O–H groups in total. The molecule has 1 aromatic heterocycles. The van der Waals surface area contributed by atoms with Crippen LogP contribution in [0.4, 0.5) is 10.5 Å². The maximum absolute atomic E-state index is 11.9. The molecule has 25 heavy (non-hydrogen) atoms. The van der Waals surface area contributed by atoms with Crippen molar-refractivity contribution in [2.75, 3.05) is 11.9 Å². The standard InChI is InChI=1S/C20H22N4O/c1-16-8-10-18(11-9-16)23-20(25)22-12-5-14-24-15-13-21-19(24)17-6-3-2-4-7-17/h2-4,6-11,13,15H,5,12,14H2,1H3,(H2,22,23,25). The maximum Gasteiger partial charge on any atom is 0.319 e. The van der Waals surface area contributed by atoms with Crippen LogP contribution in [0.3, 0.4) is 0 Å². The Balaban J connectivity index is 1.45. The minimum absolute atomic E-state index is 0.183. The number of hydrogen-bond acceptors (Lipinski definition) is 2. The van der Waals surface area contributed by atoms with E-state index in [0.29, 0.717) is 6.54 Å². The monoisotopic (exact) mass is 334 g/mol. The molecule has 3 rings (SSSR count). The van der Waals surface area contributed by atoms with E-state index in [4.69, 9.17) is 0 Å². The van der Waals surface area contributed by atoms with Gasteiger partial charge < -0.3 is 15.2 Å². The Morgan fingerprint density at radius 2 is 1.84 bits per heavy atom. The van der Waals surface area contributed by atoms with Crippen molar-refractivity contribution < 1.29 is 4.79 Å². The van der Waals surface area contributed by atoms with Crippen molar-refractivity contribution in [1.82, 2.24) is 14.9 Å². The maximum atomic E-state index is 11.9. The van der Waals surface area contributed by atoms with Crippen LogP contribution in [0.5, 0.6) is 0 Å². The molecule has 0 fully saturated rings. The molecule has 2 aromatic carbocycles. The molecule has 3 aromatic rings. The van der Waals surface area contributed by atoms with Crippen LogP contribution in [0.2, 0.25) is 0 Å². The minimum atomic E-state index is -0.183. The van der Waals surface area contributed by atoms with Crippen molar-refractivity contribution in [1.29, 1.82) is 0 Å². The van der Waals surface area contributed by atoms with Gasteiger partial charge in [0.05, 0.1) is 0 Å². The number of carbonyl (C=O) groups excluding carboxylic acids is 1. The highest BCUT2D eigenvalue weighted by molar-refractivity contribution is 5.89. The first-order valence-electron chi connectivity index (χ1n) is 8.40. The number of nitrogens with zero attached hydrogens (tertiary/aromatic N) is 2. The summed E-state index contributed by atoms with van der Waals surface area (Å²) in [6.45, 7) is 3.42. The van der Waals surface area contributed by atoms with Gasteiger partial charge in [-0.1, -0.05) is 48.0 Å². The molecule has 0 radical (unpaired) electrons. The van der Waals surface area contributed by atoms with Crippen molar-refractivity contribution in [3.8, 4) is 11.4 Å². The molecule has 0 aliphatic heterocycles. The lowest BCUT2D eigenvalue weighted by molar-refractivity contribution is 0.252. The summed E-state index contributed by atoms with van der Waals surface area (Å²) in [6, 6.07) is 17.7. The molecule has 0 saturated carbocycles. The summed E-state index contributed by atoms with van der Waals surface area (Å²) >= 11 is 0. The zero-order valence-electron chi connectivity index (χ0n) is 14.3. The van der Waals surface area contributed by atoms with Crippen LogP contribution < -0.4 is 10.6 Å². The number of carbonyl (C=O) groups is 1. The third-order valence-electron chi connectivity index (χ3n) is 3.92. The molecule has 0 aliphatic carbocycles. The lowest BCUT2D eigenvalue weighted by atomic mass is 10.2. The third-order valence-corrected chi connectivity index (χ3v) is 3.92. The summed E-state index contributed by atoms with van der Waals surface area (Å²) in [4.78, 5) is 16.3. The van der Waals surface area contributed by atoms with Crippen LogP contribution >= 0.6 is 0 Å². The number of hydrogen-bond donors (Lipinski definition) is 2. The van der Waals surface area contributed by atoms with Gasteiger partial charge in [0.25, 0.3) is 0 Å². The van der Waals surface area contributed by atoms with Crippen LogP contribution in [0.15, 0.2) is 67.0 Å². The van der Waals surface area contributed by atoms with Crippen LogP contribution in [-0.4, -0.2) is 22.1 Å². The Kier molecular flexibility index (Phi) is 5.46. The van der Waals surface area contributed by atoms with Gasteiger partial charge in [-0.25, -0.2) is 9.78 Å². The topological polar surface area (TPSA) is 59.0 Å². The zero-order valence-corrected chi connectivity index (χ0v) is 14.3. The second-order valence-corrected chi connectivity index (χ2v) is 5.91. The molecule has 2 amide bonds. The molecule has 5 heteroatoms. The Hall–Kier alpha value is -3.08. The van der Waals surface area contributed by atoms with Gasteiger partial charge >= 0.3 is 6.03 Å². The number of aryl methyl sites for hydroxylation is 2. The molecule has 0 spiro atoms. The molecule has 0 atom stereocenters. The number of nitrogens with one attached hydrogen (secondary N) is 2. The van der Waals surface area contributed by atoms with Gasteiger partial charge in [0, 0.05) is 36.7 Å². The van der Waals surface area contributed by atoms with E-state index in [1.165, 1.54) is 5.56 Å². The summed E-state index contributed by atoms with van der Waals surface area (Å²) in [6.07, 6.45) is 4.60. The average molecular weight is 334 g/mol. The summed E-state index contributed by atoms with van der Waals surface area (Å²) in [5.74, 6) is 0.949. The molecule has 0 bridgehead atoms. The minimum Gasteiger partial charge on any atom is -0.338 e. The number of anilines is 1. The highest BCUT2D eigenvalue weighted by Gasteiger charge is 2.05. The van der Waals surface area contributed by atoms with E-state index in [2.05, 4.69) is 20.2 Å². The van der Waals surface area contributed by atoms with Crippen LogP contribution in [0, 0.1) is 6.92 Å². The van der Waals surface area contributed by atoms with E-state index < -0.39 is 0 Å². The Bertz CT molecular complexity index is 809. The van der Waals surface area contributed by atoms with Gasteiger partial charge in [0.15, 0.2) is 0 Å². The molecule has 5 nitrogen and oxygen atoms in total. The second kappa shape index (κ2) is 8.15. The SMILES string of the molecule is Cc1ccc(NC(=O)NCCCn2ccnc2-c2ccccc2)cc1. The predicted octanol–water partition coefficient (Wildman–Crippen LogP) is 4.07. The summed E-state index contributed by atoms with van der Waals surface area (Å²) < 4.78 is 2.11. The zero-order chi connectivity index (χ0) is 17.5. The van der Waals surface area contributed by atoms with Gasteiger partial charge in [0.2, 0.25) is 0 Å². The fourth-order valence-corrected chi connectivity index (χ4v) is 2.60. The van der Waals surface area contributed by atoms with Gasteiger partial charge in [-0.2, -0.15) is 0 Å². The molecule has 0 aliphatic rings. The lowest BCUT2D eigenvalue weighted by Gasteiger charge is -2.10. The lowest BCUT2D eigenvalue weighted by Crippen LogP contribution is -2.30. The van der Waals surface area contributed by atoms with E-state index in [1.54, 1.807) is 6.20 Å². The quantitative estimate of drug-likeness (QED) is 0.668. The van der Waals surface area contributed by atoms with Gasteiger partial charge in [-0.05, 0) is 25.5 Å². The van der Waals surface area contributed by atoms with E-state index in [1.807, 2.05) is 67.7 Å². The third kappa shape index (κ3) is 4.70. The van der Waals surface area contributed by atoms with E-state index >= 15 is 0 Å². The second-order valence-electron chi connectivity index (χ2n) is 5.91. The number of aromatic nitrogens is 2. The predicted molar refractivity (Wildman–Crippen MR) is 100 cm³/mol. The first kappa shape index (κ1) is 16.8. The summed E-state index contributed by atoms with van der Waals surface area (Å²) in [5, 5.41) is 5.71. The smallest absolute Gasteiger partial charge is 0.319 e. The molecule has 0 unspecified atom stereocenters. The van der Waals surface area contributed by atoms with Crippen molar-refractivity contribution in [3.63, 3.8) is 0 Å². The van der Waals surface area contributed by atoms with Crippen LogP contribution in [0.1, 0.15) is 12.0 Å². The van der Waals surface area contributed by atoms with Crippen LogP contribution in [0.25, 0.3) is 11.4 Å². The highest BCUT2D eigenvalue weighted by atomic mass is 16.2. The fourth-order valence-electron chi connectivity index (χ4n) is 2.60. The number of imidazole rings is 1. The molecule has 128 valence electrons. The van der Waals surface area contributed by atoms with Crippen molar-refractivity contribution in [2.45, 2.75) is 19.9 Å². The van der Waals surface area contributed by atoms with Crippen molar-refractivity contribution >= 4 is 11.7 Å². The fraction of sp³-hybridized carbons (Fsp3) is 0.200. The Morgan fingerprint density at radius 1 is 1.08 bits per heavy atom. The highest BCUT2D eigenvalue weighted by Crippen LogP contribution is 2.16. The van der Waals surface area contributed by atoms with Crippen molar-refractivity contribution in [2.24, 2.45) is 0 Å².